The van der Waals surface area contributed by atoms with Crippen molar-refractivity contribution in [2.75, 3.05) is 26.9 Å². The topological polar surface area (TPSA) is 77.4 Å². The summed E-state index contributed by atoms with van der Waals surface area (Å²) >= 11 is 0. The molecule has 0 bridgehead atoms. The predicted molar refractivity (Wildman–Crippen MR) is 112 cm³/mol. The first-order valence-corrected chi connectivity index (χ1v) is 10.0. The first kappa shape index (κ1) is 20.0. The Morgan fingerprint density at radius 3 is 2.70 bits per heavy atom. The van der Waals surface area contributed by atoms with Gasteiger partial charge in [-0.1, -0.05) is 6.07 Å². The van der Waals surface area contributed by atoms with Crippen LogP contribution in [0.5, 0.6) is 5.75 Å². The van der Waals surface area contributed by atoms with Crippen molar-refractivity contribution in [2.45, 2.75) is 18.9 Å². The van der Waals surface area contributed by atoms with Gasteiger partial charge in [0.1, 0.15) is 18.1 Å². The van der Waals surface area contributed by atoms with E-state index in [-0.39, 0.29) is 11.9 Å². The predicted octanol–water partition coefficient (Wildman–Crippen LogP) is 3.54. The molecular weight excluding hydrogens is 380 g/mol. The van der Waals surface area contributed by atoms with E-state index in [1.807, 2.05) is 41.3 Å². The fourth-order valence-corrected chi connectivity index (χ4v) is 3.60. The Bertz CT molecular complexity index is 979. The van der Waals surface area contributed by atoms with Crippen LogP contribution in [0.15, 0.2) is 60.9 Å². The van der Waals surface area contributed by atoms with Gasteiger partial charge in [-0.15, -0.1) is 0 Å². The number of methoxy groups -OCH3 is 1. The molecule has 1 saturated heterocycles. The minimum atomic E-state index is -0.0689. The van der Waals surface area contributed by atoms with Crippen LogP contribution in [0.2, 0.25) is 0 Å². The van der Waals surface area contributed by atoms with Crippen molar-refractivity contribution in [1.82, 2.24) is 19.9 Å². The van der Waals surface area contributed by atoms with Gasteiger partial charge in [0.15, 0.2) is 5.82 Å². The van der Waals surface area contributed by atoms with Crippen LogP contribution in [0.25, 0.3) is 11.5 Å². The maximum Gasteiger partial charge on any atom is 0.254 e. The van der Waals surface area contributed by atoms with E-state index in [2.05, 4.69) is 9.97 Å². The quantitative estimate of drug-likeness (QED) is 0.561. The van der Waals surface area contributed by atoms with Gasteiger partial charge >= 0.3 is 0 Å². The molecule has 0 N–H and O–H groups in total. The first-order valence-electron chi connectivity index (χ1n) is 10.0. The van der Waals surface area contributed by atoms with Crippen LogP contribution in [0, 0.1) is 0 Å². The molecule has 1 atom stereocenters. The lowest BCUT2D eigenvalue weighted by Gasteiger charge is -2.24. The number of amides is 1. The molecule has 1 aliphatic rings. The Hall–Kier alpha value is -3.32. The average molecular weight is 404 g/mol. The van der Waals surface area contributed by atoms with Crippen LogP contribution >= 0.6 is 0 Å². The highest BCUT2D eigenvalue weighted by atomic mass is 16.5. The van der Waals surface area contributed by atoms with E-state index in [0.29, 0.717) is 31.1 Å². The molecule has 3 aromatic rings. The van der Waals surface area contributed by atoms with Crippen molar-refractivity contribution in [2.24, 2.45) is 0 Å². The molecule has 0 saturated carbocycles. The van der Waals surface area contributed by atoms with Gasteiger partial charge in [-0.25, -0.2) is 9.97 Å². The van der Waals surface area contributed by atoms with E-state index in [0.717, 1.165) is 30.0 Å². The van der Waals surface area contributed by atoms with Crippen molar-refractivity contribution in [3.63, 3.8) is 0 Å². The summed E-state index contributed by atoms with van der Waals surface area (Å²) in [6.07, 6.45) is 5.28. The van der Waals surface area contributed by atoms with E-state index in [4.69, 9.17) is 14.5 Å². The second-order valence-electron chi connectivity index (χ2n) is 7.04. The van der Waals surface area contributed by atoms with Crippen LogP contribution in [-0.2, 0) is 4.74 Å². The molecule has 1 fully saturated rings. The zero-order chi connectivity index (χ0) is 20.8. The van der Waals surface area contributed by atoms with E-state index in [9.17, 15) is 4.79 Å². The van der Waals surface area contributed by atoms with E-state index in [1.54, 1.807) is 31.6 Å². The van der Waals surface area contributed by atoms with Crippen molar-refractivity contribution < 1.29 is 14.3 Å². The summed E-state index contributed by atoms with van der Waals surface area (Å²) < 4.78 is 10.6. The number of carbonyl (C=O) groups is 1. The number of hydrogen-bond acceptors (Lipinski definition) is 6. The van der Waals surface area contributed by atoms with Gasteiger partial charge in [-0.2, -0.15) is 0 Å². The van der Waals surface area contributed by atoms with Gasteiger partial charge in [0, 0.05) is 31.6 Å². The molecule has 1 aliphatic heterocycles. The summed E-state index contributed by atoms with van der Waals surface area (Å²) in [5.74, 6) is 1.29. The smallest absolute Gasteiger partial charge is 0.254 e. The molecule has 3 heterocycles. The zero-order valence-electron chi connectivity index (χ0n) is 16.9. The van der Waals surface area contributed by atoms with Gasteiger partial charge in [0.2, 0.25) is 0 Å². The molecule has 1 unspecified atom stereocenters. The highest BCUT2D eigenvalue weighted by Gasteiger charge is 2.31. The van der Waals surface area contributed by atoms with Crippen LogP contribution in [0.1, 0.15) is 34.9 Å². The van der Waals surface area contributed by atoms with E-state index in [1.165, 1.54) is 0 Å². The summed E-state index contributed by atoms with van der Waals surface area (Å²) in [5, 5.41) is 0. The Balaban J connectivity index is 1.50. The minimum Gasteiger partial charge on any atom is -0.491 e. The molecule has 2 aromatic heterocycles. The van der Waals surface area contributed by atoms with Gasteiger partial charge < -0.3 is 14.4 Å². The molecule has 7 nitrogen and oxygen atoms in total. The Kier molecular flexibility index (Phi) is 6.29. The molecule has 30 heavy (non-hydrogen) atoms. The third-order valence-corrected chi connectivity index (χ3v) is 5.08. The Morgan fingerprint density at radius 2 is 1.93 bits per heavy atom. The summed E-state index contributed by atoms with van der Waals surface area (Å²) in [4.78, 5) is 28.4. The molecule has 154 valence electrons. The molecule has 0 spiro atoms. The summed E-state index contributed by atoms with van der Waals surface area (Å²) in [6, 6.07) is 14.7. The van der Waals surface area contributed by atoms with Crippen molar-refractivity contribution >= 4 is 5.91 Å². The minimum absolute atomic E-state index is 0.000982. The first-order chi connectivity index (χ1) is 14.8. The molecule has 1 aromatic carbocycles. The lowest BCUT2D eigenvalue weighted by atomic mass is 10.1. The zero-order valence-corrected chi connectivity index (χ0v) is 16.9. The highest BCUT2D eigenvalue weighted by Crippen LogP contribution is 2.32. The summed E-state index contributed by atoms with van der Waals surface area (Å²) in [5.41, 5.74) is 2.20. The lowest BCUT2D eigenvalue weighted by molar-refractivity contribution is 0.0733. The van der Waals surface area contributed by atoms with Crippen molar-refractivity contribution in [3.8, 4) is 17.3 Å². The number of likely N-dealkylation sites (tertiary alicyclic amines) is 1. The number of aromatic nitrogens is 3. The number of benzene rings is 1. The highest BCUT2D eigenvalue weighted by molar-refractivity contribution is 5.94. The van der Waals surface area contributed by atoms with Crippen molar-refractivity contribution in [3.05, 3.63) is 72.2 Å². The molecule has 1 amide bonds. The molecule has 4 rings (SSSR count). The van der Waals surface area contributed by atoms with Crippen LogP contribution in [0.4, 0.5) is 0 Å². The fraction of sp³-hybridized carbons (Fsp3) is 0.304. The van der Waals surface area contributed by atoms with Crippen LogP contribution in [0.3, 0.4) is 0 Å². The van der Waals surface area contributed by atoms with Gasteiger partial charge in [-0.3, -0.25) is 9.78 Å². The van der Waals surface area contributed by atoms with Crippen LogP contribution < -0.4 is 4.74 Å². The third kappa shape index (κ3) is 4.46. The van der Waals surface area contributed by atoms with E-state index < -0.39 is 0 Å². The van der Waals surface area contributed by atoms with E-state index >= 15 is 0 Å². The maximum atomic E-state index is 13.2. The summed E-state index contributed by atoms with van der Waals surface area (Å²) in [7, 11) is 1.63. The number of rotatable bonds is 7. The Morgan fingerprint density at radius 1 is 1.07 bits per heavy atom. The number of carbonyl (C=O) groups excluding carboxylic acids is 1. The second kappa shape index (κ2) is 9.45. The number of ether oxygens (including phenoxy) is 2. The second-order valence-corrected chi connectivity index (χ2v) is 7.04. The van der Waals surface area contributed by atoms with Crippen molar-refractivity contribution in [1.29, 1.82) is 0 Å². The fourth-order valence-electron chi connectivity index (χ4n) is 3.60. The normalized spacial score (nSPS) is 15.9. The maximum absolute atomic E-state index is 13.2. The largest absolute Gasteiger partial charge is 0.491 e. The van der Waals surface area contributed by atoms with Crippen LogP contribution in [-0.4, -0.2) is 52.6 Å². The third-order valence-electron chi connectivity index (χ3n) is 5.08. The van der Waals surface area contributed by atoms with Gasteiger partial charge in [0.05, 0.1) is 18.3 Å². The number of pyridine rings is 1. The molecular formula is C23H24N4O3. The van der Waals surface area contributed by atoms with Gasteiger partial charge in [-0.05, 0) is 55.3 Å². The molecule has 7 heteroatoms. The lowest BCUT2D eigenvalue weighted by Crippen LogP contribution is -2.31. The Labute approximate surface area is 175 Å². The average Bonchev–Trinajstić information content (AvgIpc) is 3.30. The molecule has 0 aliphatic carbocycles. The number of hydrogen-bond donors (Lipinski definition) is 0. The summed E-state index contributed by atoms with van der Waals surface area (Å²) in [6.45, 7) is 1.71. The van der Waals surface area contributed by atoms with Gasteiger partial charge in [0.25, 0.3) is 5.91 Å². The monoisotopic (exact) mass is 404 g/mol. The number of nitrogens with zero attached hydrogens (tertiary/aromatic N) is 4. The molecule has 0 radical (unpaired) electrons. The standard InChI is InChI=1S/C23H24N4O3/c1-29-15-16-30-18-9-7-17(8-10-18)23(28)27-14-4-6-21(27)19-11-13-25-22(26-19)20-5-2-3-12-24-20/h2-3,5,7-13,21H,4,6,14-16H2,1H3. The SMILES string of the molecule is COCCOc1ccc(C(=O)N2CCCC2c2ccnc(-c3ccccn3)n2)cc1.